The van der Waals surface area contributed by atoms with Crippen LogP contribution in [0.3, 0.4) is 0 Å². The minimum absolute atomic E-state index is 0.000292. The third-order valence-corrected chi connectivity index (χ3v) is 5.37. The van der Waals surface area contributed by atoms with Gasteiger partial charge in [0.25, 0.3) is 0 Å². The zero-order chi connectivity index (χ0) is 18.4. The number of nitrogen functional groups attached to an aromatic ring is 1. The van der Waals surface area contributed by atoms with Crippen molar-refractivity contribution in [3.05, 3.63) is 52.8 Å². The average Bonchev–Trinajstić information content (AvgIpc) is 3.31. The molecule has 7 nitrogen and oxygen atoms in total. The summed E-state index contributed by atoms with van der Waals surface area (Å²) in [6, 6.07) is 6.55. The summed E-state index contributed by atoms with van der Waals surface area (Å²) in [7, 11) is 0. The molecule has 0 bridgehead atoms. The Bertz CT molecular complexity index is 1030. The molecule has 5 rings (SSSR count). The predicted molar refractivity (Wildman–Crippen MR) is 102 cm³/mol. The number of imidazole rings is 1. The lowest BCUT2D eigenvalue weighted by molar-refractivity contribution is -0.117. The number of nitrogens with two attached hydrogens (primary N) is 1. The highest BCUT2D eigenvalue weighted by atomic mass is 16.2. The summed E-state index contributed by atoms with van der Waals surface area (Å²) in [4.78, 5) is 30.4. The highest BCUT2D eigenvalue weighted by Crippen LogP contribution is 2.33. The topological polar surface area (TPSA) is 101 Å². The molecule has 0 fully saturated rings. The first-order valence-corrected chi connectivity index (χ1v) is 9.26. The number of hydrogen-bond acceptors (Lipinski definition) is 5. The Balaban J connectivity index is 1.51. The number of hydrogen-bond donors (Lipinski definition) is 2. The van der Waals surface area contributed by atoms with E-state index in [2.05, 4.69) is 38.1 Å². The lowest BCUT2D eigenvalue weighted by Crippen LogP contribution is -2.27. The molecule has 2 aromatic heterocycles. The molecule has 2 aliphatic rings. The van der Waals surface area contributed by atoms with Crippen molar-refractivity contribution >= 4 is 17.5 Å². The van der Waals surface area contributed by atoms with Crippen LogP contribution in [0.2, 0.25) is 0 Å². The number of nitrogens with one attached hydrogen (secondary N) is 1. The van der Waals surface area contributed by atoms with E-state index in [-0.39, 0.29) is 12.3 Å². The van der Waals surface area contributed by atoms with Crippen LogP contribution in [0.4, 0.5) is 11.6 Å². The summed E-state index contributed by atoms with van der Waals surface area (Å²) in [5, 5.41) is 0. The van der Waals surface area contributed by atoms with Gasteiger partial charge in [-0.1, -0.05) is 18.2 Å². The summed E-state index contributed by atoms with van der Waals surface area (Å²) in [5.74, 6) is 1.88. The number of benzene rings is 1. The van der Waals surface area contributed by atoms with Gasteiger partial charge in [0.2, 0.25) is 5.91 Å². The van der Waals surface area contributed by atoms with Gasteiger partial charge >= 0.3 is 0 Å². The zero-order valence-corrected chi connectivity index (χ0v) is 14.9. The Morgan fingerprint density at radius 2 is 2.00 bits per heavy atom. The molecule has 3 N–H and O–H groups in total. The first-order valence-electron chi connectivity index (χ1n) is 9.26. The third kappa shape index (κ3) is 2.75. The van der Waals surface area contributed by atoms with E-state index in [1.165, 1.54) is 24.0 Å². The first kappa shape index (κ1) is 16.0. The highest BCUT2D eigenvalue weighted by molar-refractivity contribution is 6.01. The van der Waals surface area contributed by atoms with Crippen LogP contribution in [0.1, 0.15) is 35.1 Å². The van der Waals surface area contributed by atoms with Crippen LogP contribution in [0, 0.1) is 0 Å². The molecule has 3 aromatic rings. The van der Waals surface area contributed by atoms with E-state index in [1.807, 2.05) is 0 Å². The second-order valence-electron chi connectivity index (χ2n) is 7.14. The van der Waals surface area contributed by atoms with Crippen molar-refractivity contribution in [2.24, 2.45) is 0 Å². The van der Waals surface area contributed by atoms with Crippen molar-refractivity contribution in [1.29, 1.82) is 0 Å². The van der Waals surface area contributed by atoms with E-state index in [9.17, 15) is 4.79 Å². The Hall–Kier alpha value is -3.22. The summed E-state index contributed by atoms with van der Waals surface area (Å²) < 4.78 is 0. The van der Waals surface area contributed by atoms with Crippen molar-refractivity contribution in [1.82, 2.24) is 19.9 Å². The number of fused-ring (bicyclic) bond motifs is 2. The Labute approximate surface area is 156 Å². The van der Waals surface area contributed by atoms with Crippen LogP contribution in [-0.2, 0) is 30.6 Å². The maximum Gasteiger partial charge on any atom is 0.233 e. The maximum atomic E-state index is 12.7. The molecule has 0 spiro atoms. The maximum absolute atomic E-state index is 12.7. The minimum Gasteiger partial charge on any atom is -0.383 e. The van der Waals surface area contributed by atoms with E-state index in [0.29, 0.717) is 35.4 Å². The minimum atomic E-state index is 0.000292. The quantitative estimate of drug-likeness (QED) is 0.747. The largest absolute Gasteiger partial charge is 0.383 e. The molecule has 3 heterocycles. The molecule has 0 unspecified atom stereocenters. The number of amides is 1. The van der Waals surface area contributed by atoms with Gasteiger partial charge in [-0.15, -0.1) is 0 Å². The van der Waals surface area contributed by atoms with Gasteiger partial charge in [0.15, 0.2) is 11.6 Å². The normalized spacial score (nSPS) is 15.7. The van der Waals surface area contributed by atoms with Crippen LogP contribution >= 0.6 is 0 Å². The summed E-state index contributed by atoms with van der Waals surface area (Å²) in [6.45, 7) is 0.493. The van der Waals surface area contributed by atoms with Crippen LogP contribution in [-0.4, -0.2) is 25.8 Å². The van der Waals surface area contributed by atoms with Gasteiger partial charge in [0.05, 0.1) is 13.0 Å². The summed E-state index contributed by atoms with van der Waals surface area (Å²) in [5.41, 5.74) is 10.8. The number of nitrogens with zero attached hydrogens (tertiary/aromatic N) is 4. The van der Waals surface area contributed by atoms with Crippen LogP contribution in [0.15, 0.2) is 30.6 Å². The number of anilines is 2. The van der Waals surface area contributed by atoms with Crippen molar-refractivity contribution in [2.45, 2.75) is 38.6 Å². The van der Waals surface area contributed by atoms with Crippen molar-refractivity contribution in [3.63, 3.8) is 0 Å². The predicted octanol–water partition coefficient (Wildman–Crippen LogP) is 2.42. The average molecular weight is 360 g/mol. The standard InChI is InChI=1S/C20H20N6O/c21-17-15-10-16(27)26(20(15)25-19(24-17)18-22-7-8-23-18)11-12-5-6-13-3-1-2-4-14(13)9-12/h5-9H,1-4,10-11H2,(H,22,23)(H2,21,24,25). The summed E-state index contributed by atoms with van der Waals surface area (Å²) >= 11 is 0. The number of carbonyl (C=O) groups excluding carboxylic acids is 1. The van der Waals surface area contributed by atoms with Crippen LogP contribution < -0.4 is 10.6 Å². The first-order chi connectivity index (χ1) is 13.2. The van der Waals surface area contributed by atoms with Gasteiger partial charge in [-0.05, 0) is 42.4 Å². The smallest absolute Gasteiger partial charge is 0.233 e. The number of H-pyrrole nitrogens is 1. The monoisotopic (exact) mass is 360 g/mol. The van der Waals surface area contributed by atoms with E-state index in [4.69, 9.17) is 5.73 Å². The molecule has 136 valence electrons. The molecule has 7 heteroatoms. The van der Waals surface area contributed by atoms with Crippen molar-refractivity contribution in [2.75, 3.05) is 10.6 Å². The highest BCUT2D eigenvalue weighted by Gasteiger charge is 2.32. The SMILES string of the molecule is Nc1nc(-c2ncc[nH]2)nc2c1CC(=O)N2Cc1ccc2c(c1)CCCC2. The number of rotatable bonds is 3. The lowest BCUT2D eigenvalue weighted by atomic mass is 9.90. The van der Waals surface area contributed by atoms with E-state index in [1.54, 1.807) is 17.3 Å². The van der Waals surface area contributed by atoms with Gasteiger partial charge in [-0.3, -0.25) is 9.69 Å². The zero-order valence-electron chi connectivity index (χ0n) is 14.9. The second-order valence-corrected chi connectivity index (χ2v) is 7.14. The van der Waals surface area contributed by atoms with Crippen LogP contribution in [0.25, 0.3) is 11.6 Å². The van der Waals surface area contributed by atoms with Gasteiger partial charge in [-0.2, -0.15) is 0 Å². The number of aromatic amines is 1. The molecule has 0 saturated carbocycles. The summed E-state index contributed by atoms with van der Waals surface area (Å²) in [6.07, 6.45) is 8.35. The third-order valence-electron chi connectivity index (χ3n) is 5.37. The molecule has 0 saturated heterocycles. The number of aromatic nitrogens is 4. The fourth-order valence-corrected chi connectivity index (χ4v) is 3.97. The van der Waals surface area contributed by atoms with Gasteiger partial charge in [0.1, 0.15) is 11.6 Å². The van der Waals surface area contributed by atoms with E-state index in [0.717, 1.165) is 18.4 Å². The molecule has 1 aliphatic carbocycles. The number of aryl methyl sites for hydroxylation is 2. The van der Waals surface area contributed by atoms with Crippen molar-refractivity contribution < 1.29 is 4.79 Å². The molecule has 1 aliphatic heterocycles. The molecule has 1 amide bonds. The Morgan fingerprint density at radius 3 is 2.81 bits per heavy atom. The van der Waals surface area contributed by atoms with E-state index < -0.39 is 0 Å². The van der Waals surface area contributed by atoms with Gasteiger partial charge in [0, 0.05) is 18.0 Å². The molecule has 0 radical (unpaired) electrons. The lowest BCUT2D eigenvalue weighted by Gasteiger charge is -2.20. The van der Waals surface area contributed by atoms with Crippen molar-refractivity contribution in [3.8, 4) is 11.6 Å². The van der Waals surface area contributed by atoms with E-state index >= 15 is 0 Å². The fourth-order valence-electron chi connectivity index (χ4n) is 3.97. The molecular formula is C20H20N6O. The fraction of sp³-hybridized carbons (Fsp3) is 0.300. The van der Waals surface area contributed by atoms with Gasteiger partial charge < -0.3 is 10.7 Å². The van der Waals surface area contributed by atoms with Crippen LogP contribution in [0.5, 0.6) is 0 Å². The molecular weight excluding hydrogens is 340 g/mol. The molecule has 27 heavy (non-hydrogen) atoms. The Kier molecular flexibility index (Phi) is 3.67. The molecule has 1 aromatic carbocycles. The van der Waals surface area contributed by atoms with Gasteiger partial charge in [-0.25, -0.2) is 15.0 Å². The molecule has 0 atom stereocenters. The second kappa shape index (κ2) is 6.19. The Morgan fingerprint density at radius 1 is 1.15 bits per heavy atom. The number of carbonyl (C=O) groups is 1.